The molecule has 0 fully saturated rings. The van der Waals surface area contributed by atoms with E-state index in [9.17, 15) is 9.59 Å². The van der Waals surface area contributed by atoms with Crippen LogP contribution in [0.15, 0.2) is 36.4 Å². The smallest absolute Gasteiger partial charge is 0.259 e. The minimum Gasteiger partial charge on any atom is -0.497 e. The summed E-state index contributed by atoms with van der Waals surface area (Å²) in [6.45, 7) is 6.54. The van der Waals surface area contributed by atoms with Crippen molar-refractivity contribution in [1.29, 1.82) is 0 Å². The SMILES string of the molecule is COc1ccc(OC)c(C(=O)Nc2ccc(C(=O)NCC(C)C)cc2C)c1. The van der Waals surface area contributed by atoms with Gasteiger partial charge in [0.1, 0.15) is 11.5 Å². The number of aryl methyl sites for hydroxylation is 1. The Labute approximate surface area is 159 Å². The van der Waals surface area contributed by atoms with Gasteiger partial charge in [0.05, 0.1) is 19.8 Å². The highest BCUT2D eigenvalue weighted by Gasteiger charge is 2.15. The zero-order valence-electron chi connectivity index (χ0n) is 16.4. The number of carbonyl (C=O) groups excluding carboxylic acids is 2. The number of anilines is 1. The number of hydrogen-bond donors (Lipinski definition) is 2. The van der Waals surface area contributed by atoms with Gasteiger partial charge in [-0.2, -0.15) is 0 Å². The second-order valence-electron chi connectivity index (χ2n) is 6.65. The molecule has 6 nitrogen and oxygen atoms in total. The number of methoxy groups -OCH3 is 2. The number of amides is 2. The predicted octanol–water partition coefficient (Wildman–Crippen LogP) is 3.65. The number of benzene rings is 2. The second kappa shape index (κ2) is 9.07. The molecule has 0 aromatic heterocycles. The highest BCUT2D eigenvalue weighted by molar-refractivity contribution is 6.07. The third-order valence-electron chi connectivity index (χ3n) is 4.06. The van der Waals surface area contributed by atoms with E-state index in [1.807, 2.05) is 20.8 Å². The van der Waals surface area contributed by atoms with Crippen molar-refractivity contribution in [2.24, 2.45) is 5.92 Å². The van der Waals surface area contributed by atoms with Crippen LogP contribution in [0.5, 0.6) is 11.5 Å². The lowest BCUT2D eigenvalue weighted by Gasteiger charge is -2.13. The number of ether oxygens (including phenoxy) is 2. The Morgan fingerprint density at radius 2 is 1.74 bits per heavy atom. The van der Waals surface area contributed by atoms with Crippen molar-refractivity contribution in [3.8, 4) is 11.5 Å². The molecule has 2 amide bonds. The Morgan fingerprint density at radius 3 is 2.33 bits per heavy atom. The average molecular weight is 370 g/mol. The number of rotatable bonds is 7. The van der Waals surface area contributed by atoms with Crippen LogP contribution in [0.3, 0.4) is 0 Å². The van der Waals surface area contributed by atoms with Gasteiger partial charge in [0.15, 0.2) is 0 Å². The Balaban J connectivity index is 2.18. The molecule has 2 rings (SSSR count). The molecule has 0 spiro atoms. The molecule has 0 saturated heterocycles. The van der Waals surface area contributed by atoms with Gasteiger partial charge in [-0.3, -0.25) is 9.59 Å². The van der Waals surface area contributed by atoms with E-state index in [2.05, 4.69) is 10.6 Å². The summed E-state index contributed by atoms with van der Waals surface area (Å²) >= 11 is 0. The van der Waals surface area contributed by atoms with E-state index < -0.39 is 0 Å². The van der Waals surface area contributed by atoms with E-state index in [1.165, 1.54) is 14.2 Å². The maximum absolute atomic E-state index is 12.7. The van der Waals surface area contributed by atoms with Crippen molar-refractivity contribution in [2.75, 3.05) is 26.1 Å². The molecule has 0 heterocycles. The Hall–Kier alpha value is -3.02. The maximum Gasteiger partial charge on any atom is 0.259 e. The summed E-state index contributed by atoms with van der Waals surface area (Å²) in [4.78, 5) is 24.9. The highest BCUT2D eigenvalue weighted by Crippen LogP contribution is 2.26. The molecule has 0 saturated carbocycles. The lowest BCUT2D eigenvalue weighted by atomic mass is 10.1. The van der Waals surface area contributed by atoms with Gasteiger partial charge in [-0.1, -0.05) is 13.8 Å². The van der Waals surface area contributed by atoms with E-state index in [0.717, 1.165) is 5.56 Å². The molecular formula is C21H26N2O4. The zero-order valence-corrected chi connectivity index (χ0v) is 16.4. The summed E-state index contributed by atoms with van der Waals surface area (Å²) in [5.41, 5.74) is 2.35. The molecule has 2 aromatic carbocycles. The summed E-state index contributed by atoms with van der Waals surface area (Å²) < 4.78 is 10.4. The lowest BCUT2D eigenvalue weighted by molar-refractivity contribution is 0.0948. The van der Waals surface area contributed by atoms with E-state index in [-0.39, 0.29) is 11.8 Å². The van der Waals surface area contributed by atoms with Crippen LogP contribution in [0.1, 0.15) is 40.1 Å². The largest absolute Gasteiger partial charge is 0.497 e. The van der Waals surface area contributed by atoms with Crippen molar-refractivity contribution < 1.29 is 19.1 Å². The zero-order chi connectivity index (χ0) is 20.0. The van der Waals surface area contributed by atoms with Gasteiger partial charge in [-0.25, -0.2) is 0 Å². The molecule has 0 bridgehead atoms. The molecular weight excluding hydrogens is 344 g/mol. The molecule has 2 N–H and O–H groups in total. The molecule has 0 aliphatic carbocycles. The third kappa shape index (κ3) is 5.23. The Kier molecular flexibility index (Phi) is 6.82. The first-order valence-electron chi connectivity index (χ1n) is 8.78. The molecule has 27 heavy (non-hydrogen) atoms. The van der Waals surface area contributed by atoms with Crippen molar-refractivity contribution in [2.45, 2.75) is 20.8 Å². The van der Waals surface area contributed by atoms with Gasteiger partial charge in [0, 0.05) is 17.8 Å². The fourth-order valence-electron chi connectivity index (χ4n) is 2.53. The molecule has 144 valence electrons. The monoisotopic (exact) mass is 370 g/mol. The van der Waals surface area contributed by atoms with Gasteiger partial charge in [-0.15, -0.1) is 0 Å². The maximum atomic E-state index is 12.7. The Bertz CT molecular complexity index is 831. The summed E-state index contributed by atoms with van der Waals surface area (Å²) in [5, 5.41) is 5.75. The van der Waals surface area contributed by atoms with Crippen molar-refractivity contribution >= 4 is 17.5 Å². The van der Waals surface area contributed by atoms with Crippen LogP contribution in [0.25, 0.3) is 0 Å². The van der Waals surface area contributed by atoms with Gasteiger partial charge >= 0.3 is 0 Å². The molecule has 0 radical (unpaired) electrons. The van der Waals surface area contributed by atoms with Crippen LogP contribution in [0.4, 0.5) is 5.69 Å². The van der Waals surface area contributed by atoms with E-state index in [4.69, 9.17) is 9.47 Å². The van der Waals surface area contributed by atoms with Crippen LogP contribution in [0.2, 0.25) is 0 Å². The first-order valence-corrected chi connectivity index (χ1v) is 8.78. The summed E-state index contributed by atoms with van der Waals surface area (Å²) in [6, 6.07) is 10.2. The van der Waals surface area contributed by atoms with Gasteiger partial charge in [0.2, 0.25) is 0 Å². The lowest BCUT2D eigenvalue weighted by Crippen LogP contribution is -2.27. The van der Waals surface area contributed by atoms with E-state index in [0.29, 0.717) is 40.8 Å². The fourth-order valence-corrected chi connectivity index (χ4v) is 2.53. The molecule has 0 aliphatic heterocycles. The second-order valence-corrected chi connectivity index (χ2v) is 6.65. The Morgan fingerprint density at radius 1 is 1.00 bits per heavy atom. The highest BCUT2D eigenvalue weighted by atomic mass is 16.5. The summed E-state index contributed by atoms with van der Waals surface area (Å²) in [6.07, 6.45) is 0. The average Bonchev–Trinajstić information content (AvgIpc) is 2.66. The van der Waals surface area contributed by atoms with Crippen LogP contribution in [-0.4, -0.2) is 32.6 Å². The van der Waals surface area contributed by atoms with Crippen LogP contribution < -0.4 is 20.1 Å². The van der Waals surface area contributed by atoms with Crippen LogP contribution in [0, 0.1) is 12.8 Å². The van der Waals surface area contributed by atoms with Gasteiger partial charge in [0.25, 0.3) is 11.8 Å². The molecule has 0 aliphatic rings. The number of hydrogen-bond acceptors (Lipinski definition) is 4. The normalized spacial score (nSPS) is 10.4. The van der Waals surface area contributed by atoms with Crippen LogP contribution >= 0.6 is 0 Å². The van der Waals surface area contributed by atoms with Crippen molar-refractivity contribution in [1.82, 2.24) is 5.32 Å². The topological polar surface area (TPSA) is 76.7 Å². The minimum atomic E-state index is -0.314. The first-order chi connectivity index (χ1) is 12.8. The predicted molar refractivity (Wildman–Crippen MR) is 106 cm³/mol. The molecule has 0 unspecified atom stereocenters. The summed E-state index contributed by atoms with van der Waals surface area (Å²) in [7, 11) is 3.05. The quantitative estimate of drug-likeness (QED) is 0.780. The molecule has 0 atom stereocenters. The van der Waals surface area contributed by atoms with E-state index in [1.54, 1.807) is 36.4 Å². The number of carbonyl (C=O) groups is 2. The van der Waals surface area contributed by atoms with Gasteiger partial charge in [-0.05, 0) is 54.8 Å². The van der Waals surface area contributed by atoms with Crippen LogP contribution in [-0.2, 0) is 0 Å². The van der Waals surface area contributed by atoms with Crippen molar-refractivity contribution in [3.63, 3.8) is 0 Å². The molecule has 6 heteroatoms. The fraction of sp³-hybridized carbons (Fsp3) is 0.333. The van der Waals surface area contributed by atoms with Crippen molar-refractivity contribution in [3.05, 3.63) is 53.1 Å². The summed E-state index contributed by atoms with van der Waals surface area (Å²) in [5.74, 6) is 0.960. The molecule has 2 aromatic rings. The first kappa shape index (κ1) is 20.3. The third-order valence-corrected chi connectivity index (χ3v) is 4.06. The number of nitrogens with one attached hydrogen (secondary N) is 2. The minimum absolute atomic E-state index is 0.126. The standard InChI is InChI=1S/C21H26N2O4/c1-13(2)12-22-20(24)15-6-8-18(14(3)10-15)23-21(25)17-11-16(26-4)7-9-19(17)27-5/h6-11,13H,12H2,1-5H3,(H,22,24)(H,23,25). The van der Waals surface area contributed by atoms with Gasteiger partial charge < -0.3 is 20.1 Å². The van der Waals surface area contributed by atoms with E-state index >= 15 is 0 Å².